The van der Waals surface area contributed by atoms with Crippen LogP contribution in [0, 0.1) is 0 Å². The van der Waals surface area contributed by atoms with Crippen LogP contribution in [0.15, 0.2) is 0 Å². The largest absolute Gasteiger partial charge is 0.101 e. The Morgan fingerprint density at radius 2 is 1.25 bits per heavy atom. The fraction of sp³-hybridized carbons (Fsp3) is 0. The number of hydrogen-bond donors (Lipinski definition) is 1. The van der Waals surface area contributed by atoms with Gasteiger partial charge >= 0.3 is 0 Å². The van der Waals surface area contributed by atoms with E-state index >= 15 is 0 Å². The normalized spacial score (nSPS) is 1.50. The number of halogens is 1. The standard InChI is InChI=1S/B.BrHS.Rb/c;1-2;/h;2H;. The Bertz CT molecular complexity index is 8.00. The first kappa shape index (κ1) is 15.9. The van der Waals surface area contributed by atoms with E-state index in [1.54, 1.807) is 0 Å². The Hall–Kier alpha value is 2.70. The SMILES string of the molecule is SBr.[B].[Rb]. The van der Waals surface area contributed by atoms with Gasteiger partial charge in [0.1, 0.15) is 0 Å². The maximum absolute atomic E-state index is 3.34. The van der Waals surface area contributed by atoms with Crippen molar-refractivity contribution in [2.24, 2.45) is 0 Å². The molecule has 0 N–H and O–H groups in total. The van der Waals surface area contributed by atoms with Crippen molar-refractivity contribution in [2.75, 3.05) is 0 Å². The Morgan fingerprint density at radius 3 is 1.25 bits per heavy atom. The summed E-state index contributed by atoms with van der Waals surface area (Å²) in [5.74, 6) is 0. The zero-order chi connectivity index (χ0) is 2.00. The molecule has 0 aliphatic heterocycles. The molecule has 0 rings (SSSR count). The first-order chi connectivity index (χ1) is 1.00. The number of hydrogen-bond acceptors (Lipinski definition) is 1. The van der Waals surface area contributed by atoms with Crippen molar-refractivity contribution in [2.45, 2.75) is 0 Å². The molecule has 0 aliphatic rings. The van der Waals surface area contributed by atoms with Crippen LogP contribution in [-0.4, -0.2) is 66.6 Å². The first-order valence-electron chi connectivity index (χ1n) is 0.169. The number of thiol groups is 1. The van der Waals surface area contributed by atoms with E-state index in [4.69, 9.17) is 0 Å². The third-order valence-electron chi connectivity index (χ3n) is 0. The molecule has 0 aromatic carbocycles. The van der Waals surface area contributed by atoms with Gasteiger partial charge in [0.25, 0.3) is 0 Å². The molecule has 0 amide bonds. The van der Waals surface area contributed by atoms with Crippen LogP contribution in [0.4, 0.5) is 0 Å². The van der Waals surface area contributed by atoms with E-state index in [2.05, 4.69) is 25.9 Å². The summed E-state index contributed by atoms with van der Waals surface area (Å²) in [4.78, 5) is 0. The first-order valence-corrected chi connectivity index (χ1v) is 2.63. The molecule has 0 saturated carbocycles. The molecule has 0 aromatic heterocycles. The molecule has 4 heteroatoms. The molecule has 0 heterocycles. The van der Waals surface area contributed by atoms with E-state index in [-0.39, 0.29) is 66.6 Å². The average molecular weight is 209 g/mol. The van der Waals surface area contributed by atoms with Gasteiger partial charge in [-0.1, -0.05) is 0 Å². The summed E-state index contributed by atoms with van der Waals surface area (Å²) >= 11 is 5.97. The Labute approximate surface area is 90.1 Å². The van der Waals surface area contributed by atoms with Crippen molar-refractivity contribution in [3.05, 3.63) is 0 Å². The summed E-state index contributed by atoms with van der Waals surface area (Å²) in [6.45, 7) is 0. The van der Waals surface area contributed by atoms with Gasteiger partial charge in [0.05, 0.1) is 0 Å². The van der Waals surface area contributed by atoms with Crippen LogP contribution in [0.25, 0.3) is 0 Å². The van der Waals surface area contributed by atoms with E-state index in [0.29, 0.717) is 0 Å². The van der Waals surface area contributed by atoms with Gasteiger partial charge < -0.3 is 0 Å². The topological polar surface area (TPSA) is 0 Å². The summed E-state index contributed by atoms with van der Waals surface area (Å²) in [6, 6.07) is 0. The van der Waals surface area contributed by atoms with Gasteiger partial charge in [0, 0.05) is 66.6 Å². The molecule has 18 valence electrons. The maximum Gasteiger partial charge on any atom is 0 e. The molecule has 4 heavy (non-hydrogen) atoms. The van der Waals surface area contributed by atoms with Crippen LogP contribution in [0.1, 0.15) is 0 Å². The zero-order valence-electron chi connectivity index (χ0n) is 2.40. The van der Waals surface area contributed by atoms with Crippen LogP contribution in [0.3, 0.4) is 0 Å². The molecule has 0 aromatic rings. The fourth-order valence-electron chi connectivity index (χ4n) is 0. The predicted molar refractivity (Wildman–Crippen MR) is 29.4 cm³/mol. The van der Waals surface area contributed by atoms with Crippen molar-refractivity contribution in [3.63, 3.8) is 0 Å². The molecular weight excluding hydrogens is 208 g/mol. The summed E-state index contributed by atoms with van der Waals surface area (Å²) in [5.41, 5.74) is 0. The molecule has 0 fully saturated rings. The van der Waals surface area contributed by atoms with E-state index in [9.17, 15) is 0 Å². The van der Waals surface area contributed by atoms with Crippen molar-refractivity contribution in [3.8, 4) is 0 Å². The Balaban J connectivity index is -0.00000000500. The van der Waals surface area contributed by atoms with E-state index in [1.807, 2.05) is 0 Å². The predicted octanol–water partition coefficient (Wildman–Crippen LogP) is 0.464. The second kappa shape index (κ2) is 17.3. The third kappa shape index (κ3) is 8.83. The minimum absolute atomic E-state index is 0. The van der Waals surface area contributed by atoms with Crippen LogP contribution in [0.2, 0.25) is 0 Å². The average Bonchev–Trinajstić information content (AvgIpc) is 1.00. The second-order valence-corrected chi connectivity index (χ2v) is 0. The third-order valence-corrected chi connectivity index (χ3v) is 0. The number of rotatable bonds is 0. The van der Waals surface area contributed by atoms with E-state index in [1.165, 1.54) is 0 Å². The van der Waals surface area contributed by atoms with Crippen molar-refractivity contribution in [1.82, 2.24) is 0 Å². The smallest absolute Gasteiger partial charge is 0 e. The molecule has 4 radical (unpaired) electrons. The van der Waals surface area contributed by atoms with Gasteiger partial charge in [-0.25, -0.2) is 0 Å². The van der Waals surface area contributed by atoms with Gasteiger partial charge in [-0.3, -0.25) is 0 Å². The molecule has 0 unspecified atom stereocenters. The monoisotopic (exact) mass is 208 g/mol. The molecule has 0 atom stereocenters. The fourth-order valence-corrected chi connectivity index (χ4v) is 0. The van der Waals surface area contributed by atoms with Gasteiger partial charge in [-0.05, 0) is 14.8 Å². The quantitative estimate of drug-likeness (QED) is 0.435. The zero-order valence-corrected chi connectivity index (χ0v) is 9.80. The Kier molecular flexibility index (Phi) is 68.7. The molecule has 0 bridgehead atoms. The Morgan fingerprint density at radius 1 is 1.25 bits per heavy atom. The molecule has 0 aliphatic carbocycles. The molecule has 0 nitrogen and oxygen atoms in total. The molecular formula is HBBrRbS. The maximum atomic E-state index is 3.34. The van der Waals surface area contributed by atoms with Crippen LogP contribution < -0.4 is 0 Å². The summed E-state index contributed by atoms with van der Waals surface area (Å²) in [6.07, 6.45) is 0. The van der Waals surface area contributed by atoms with Gasteiger partial charge in [0.2, 0.25) is 0 Å². The van der Waals surface area contributed by atoms with E-state index in [0.717, 1.165) is 0 Å². The van der Waals surface area contributed by atoms with Gasteiger partial charge in [-0.15, -0.1) is 11.1 Å². The van der Waals surface area contributed by atoms with E-state index < -0.39 is 0 Å². The minimum atomic E-state index is 0. The van der Waals surface area contributed by atoms with Gasteiger partial charge in [-0.2, -0.15) is 0 Å². The summed E-state index contributed by atoms with van der Waals surface area (Å²) < 4.78 is 0. The second-order valence-electron chi connectivity index (χ2n) is 0. The summed E-state index contributed by atoms with van der Waals surface area (Å²) in [7, 11) is 0. The van der Waals surface area contributed by atoms with Crippen LogP contribution in [-0.2, 0) is 0 Å². The van der Waals surface area contributed by atoms with Crippen LogP contribution >= 0.6 is 25.9 Å². The van der Waals surface area contributed by atoms with Crippen molar-refractivity contribution >= 4 is 92.5 Å². The molecule has 0 spiro atoms. The van der Waals surface area contributed by atoms with Crippen molar-refractivity contribution < 1.29 is 0 Å². The van der Waals surface area contributed by atoms with Gasteiger partial charge in [0.15, 0.2) is 0 Å². The molecule has 0 saturated heterocycles. The minimum Gasteiger partial charge on any atom is -0.101 e. The van der Waals surface area contributed by atoms with Crippen LogP contribution in [0.5, 0.6) is 0 Å². The summed E-state index contributed by atoms with van der Waals surface area (Å²) in [5, 5.41) is 0. The van der Waals surface area contributed by atoms with Crippen molar-refractivity contribution in [1.29, 1.82) is 0 Å².